The topological polar surface area (TPSA) is 262 Å². The van der Waals surface area contributed by atoms with Crippen molar-refractivity contribution in [2.45, 2.75) is 76.7 Å². The Morgan fingerprint density at radius 1 is 0.625 bits per heavy atom. The highest BCUT2D eigenvalue weighted by atomic mass is 16.6. The summed E-state index contributed by atoms with van der Waals surface area (Å²) in [6.07, 6.45) is 0.725. The Bertz CT molecular complexity index is 2000. The average molecular weight is 891 g/mol. The van der Waals surface area contributed by atoms with Crippen LogP contribution in [0.1, 0.15) is 62.5 Å². The number of piperidine rings is 2. The first kappa shape index (κ1) is 47.1. The van der Waals surface area contributed by atoms with Crippen LogP contribution in [0.3, 0.4) is 0 Å². The van der Waals surface area contributed by atoms with Gasteiger partial charge in [0.2, 0.25) is 11.9 Å². The smallest absolute Gasteiger partial charge is 0.421 e. The molecule has 6 rings (SSSR count). The van der Waals surface area contributed by atoms with E-state index in [2.05, 4.69) is 85.0 Å². The van der Waals surface area contributed by atoms with Crippen molar-refractivity contribution in [1.29, 1.82) is 0 Å². The van der Waals surface area contributed by atoms with Crippen LogP contribution in [0.2, 0.25) is 0 Å². The number of aromatic nitrogens is 6. The van der Waals surface area contributed by atoms with E-state index in [1.807, 2.05) is 24.3 Å². The van der Waals surface area contributed by atoms with E-state index in [1.54, 1.807) is 14.1 Å². The second kappa shape index (κ2) is 23.9. The van der Waals surface area contributed by atoms with Crippen LogP contribution < -0.4 is 30.7 Å². The number of carbonyl (C=O) groups excluding carboxylic acids is 4. The third-order valence-electron chi connectivity index (χ3n) is 10.4. The minimum Gasteiger partial charge on any atom is -0.494 e. The fraction of sp³-hybridized carbons (Fsp3) is 0.524. The molecule has 4 heterocycles. The molecule has 2 aliphatic rings. The summed E-state index contributed by atoms with van der Waals surface area (Å²) in [6.45, 7) is 8.08. The van der Waals surface area contributed by atoms with Crippen molar-refractivity contribution in [2.24, 2.45) is 14.1 Å². The monoisotopic (exact) mass is 890 g/mol. The molecular formula is C42H58N12O10. The van der Waals surface area contributed by atoms with Crippen LogP contribution in [0.15, 0.2) is 48.5 Å². The number of nitrogens with one attached hydrogen (secondary N) is 4. The van der Waals surface area contributed by atoms with E-state index < -0.39 is 36.3 Å². The molecule has 2 aliphatic heterocycles. The lowest BCUT2D eigenvalue weighted by molar-refractivity contribution is -0.165. The average Bonchev–Trinajstić information content (AvgIpc) is 3.81. The quantitative estimate of drug-likeness (QED) is 0.0398. The molecule has 2 fully saturated rings. The normalized spacial score (nSPS) is 15.4. The SMILES string of the molecule is Cn1nc(NC(=O)OC(=O)C(O)C(O)C(=O)OC(=O)Nc2nc(NCCCOc3cccc(CN4CCCCC4)c3)n(C)n2)nc1NCCCOc1cccc(CN2CCCCC2)c1. The highest BCUT2D eigenvalue weighted by Gasteiger charge is 2.36. The third kappa shape index (κ3) is 14.9. The lowest BCUT2D eigenvalue weighted by Crippen LogP contribution is -2.43. The molecule has 0 saturated carbocycles. The number of aliphatic hydroxyl groups excluding tert-OH is 2. The number of aliphatic hydroxyl groups is 2. The number of benzene rings is 2. The van der Waals surface area contributed by atoms with Gasteiger partial charge in [0.25, 0.3) is 11.9 Å². The Morgan fingerprint density at radius 3 is 1.44 bits per heavy atom. The van der Waals surface area contributed by atoms with Crippen molar-refractivity contribution >= 4 is 47.9 Å². The summed E-state index contributed by atoms with van der Waals surface area (Å²) in [5, 5.41) is 38.8. The Kier molecular flexibility index (Phi) is 17.6. The number of hydrogen-bond donors (Lipinski definition) is 6. The maximum atomic E-state index is 12.4. The minimum absolute atomic E-state index is 0.244. The summed E-state index contributed by atoms with van der Waals surface area (Å²) in [6, 6.07) is 16.2. The number of carbonyl (C=O) groups is 4. The van der Waals surface area contributed by atoms with Gasteiger partial charge in [0.05, 0.1) is 13.2 Å². The first-order valence-electron chi connectivity index (χ1n) is 21.6. The van der Waals surface area contributed by atoms with E-state index in [0.29, 0.717) is 39.1 Å². The van der Waals surface area contributed by atoms with Crippen LogP contribution in [0.4, 0.5) is 33.4 Å². The Labute approximate surface area is 370 Å². The molecule has 6 N–H and O–H groups in total. The number of nitrogens with zero attached hydrogens (tertiary/aromatic N) is 8. The molecule has 2 aromatic heterocycles. The van der Waals surface area contributed by atoms with Gasteiger partial charge in [-0.05, 0) is 100 Å². The summed E-state index contributed by atoms with van der Waals surface area (Å²) in [5.41, 5.74) is 2.42. The van der Waals surface area contributed by atoms with Crippen molar-refractivity contribution in [3.05, 3.63) is 59.7 Å². The van der Waals surface area contributed by atoms with E-state index >= 15 is 0 Å². The number of amides is 2. The summed E-state index contributed by atoms with van der Waals surface area (Å²) < 4.78 is 23.5. The molecule has 0 aliphatic carbocycles. The maximum absolute atomic E-state index is 12.4. The van der Waals surface area contributed by atoms with E-state index in [1.165, 1.54) is 59.0 Å². The molecule has 2 saturated heterocycles. The number of ether oxygens (including phenoxy) is 4. The molecule has 64 heavy (non-hydrogen) atoms. The Hall–Kier alpha value is -6.36. The van der Waals surface area contributed by atoms with Crippen LogP contribution >= 0.6 is 0 Å². The molecule has 22 heteroatoms. The molecule has 0 radical (unpaired) electrons. The number of esters is 2. The number of likely N-dealkylation sites (tertiary alicyclic amines) is 2. The van der Waals surface area contributed by atoms with Crippen LogP contribution in [0.25, 0.3) is 0 Å². The van der Waals surface area contributed by atoms with Crippen molar-refractivity contribution < 1.29 is 48.3 Å². The van der Waals surface area contributed by atoms with Gasteiger partial charge in [0.1, 0.15) is 11.5 Å². The van der Waals surface area contributed by atoms with E-state index in [4.69, 9.17) is 9.47 Å². The highest BCUT2D eigenvalue weighted by molar-refractivity contribution is 5.98. The molecule has 4 aromatic rings. The molecule has 2 amide bonds. The van der Waals surface area contributed by atoms with Crippen molar-refractivity contribution in [1.82, 2.24) is 39.3 Å². The Morgan fingerprint density at radius 2 is 1.03 bits per heavy atom. The van der Waals surface area contributed by atoms with Crippen molar-refractivity contribution in [3.8, 4) is 11.5 Å². The van der Waals surface area contributed by atoms with Gasteiger partial charge in [-0.2, -0.15) is 9.97 Å². The Balaban J connectivity index is 0.841. The molecule has 0 spiro atoms. The third-order valence-corrected chi connectivity index (χ3v) is 10.4. The fourth-order valence-electron chi connectivity index (χ4n) is 7.12. The number of aryl methyl sites for hydroxylation is 2. The second-order valence-electron chi connectivity index (χ2n) is 15.5. The molecular weight excluding hydrogens is 833 g/mol. The standard InChI is InChI=1S/C42H58N12O10/c1-51-39(43-17-11-23-61-31-15-9-13-29(25-31)27-53-19-5-3-6-20-53)45-37(49-51)47-41(59)63-35(57)33(55)34(56)36(58)64-42(60)48-38-46-40(52(2)50-38)44-18-12-24-62-32-16-10-14-30(26-32)28-54-21-7-4-8-22-54/h9-10,13-16,25-26,33-34,55-56H,3-8,11-12,17-24,27-28H2,1-2H3,(H2,43,45,47,49,59)(H2,44,46,48,50,60). The summed E-state index contributed by atoms with van der Waals surface area (Å²) in [4.78, 5) is 62.6. The largest absolute Gasteiger partial charge is 0.494 e. The first-order valence-corrected chi connectivity index (χ1v) is 21.6. The van der Waals surface area contributed by atoms with E-state index in [-0.39, 0.29) is 23.8 Å². The molecule has 0 bridgehead atoms. The van der Waals surface area contributed by atoms with Crippen LogP contribution in [0.5, 0.6) is 11.5 Å². The number of hydrogen-bond acceptors (Lipinski definition) is 18. The second-order valence-corrected chi connectivity index (χ2v) is 15.5. The van der Waals surface area contributed by atoms with Crippen molar-refractivity contribution in [2.75, 3.05) is 73.7 Å². The van der Waals surface area contributed by atoms with Gasteiger partial charge >= 0.3 is 24.1 Å². The van der Waals surface area contributed by atoms with Gasteiger partial charge in [-0.3, -0.25) is 20.4 Å². The zero-order valence-corrected chi connectivity index (χ0v) is 36.2. The molecule has 2 atom stereocenters. The molecule has 2 unspecified atom stereocenters. The maximum Gasteiger partial charge on any atom is 0.421 e. The van der Waals surface area contributed by atoms with E-state index in [0.717, 1.165) is 50.8 Å². The van der Waals surface area contributed by atoms with Gasteiger partial charge < -0.3 is 39.8 Å². The molecule has 2 aromatic carbocycles. The predicted molar refractivity (Wildman–Crippen MR) is 233 cm³/mol. The van der Waals surface area contributed by atoms with Gasteiger partial charge in [0.15, 0.2) is 12.2 Å². The zero-order chi connectivity index (χ0) is 45.3. The van der Waals surface area contributed by atoms with Crippen LogP contribution in [0, 0.1) is 0 Å². The minimum atomic E-state index is -2.60. The number of rotatable bonds is 21. The summed E-state index contributed by atoms with van der Waals surface area (Å²) in [5.74, 6) is -1.76. The van der Waals surface area contributed by atoms with E-state index in [9.17, 15) is 29.4 Å². The molecule has 22 nitrogen and oxygen atoms in total. The number of anilines is 4. The van der Waals surface area contributed by atoms with Gasteiger partial charge in [0, 0.05) is 40.3 Å². The summed E-state index contributed by atoms with van der Waals surface area (Å²) >= 11 is 0. The van der Waals surface area contributed by atoms with Gasteiger partial charge in [-0.1, -0.05) is 37.1 Å². The fourth-order valence-corrected chi connectivity index (χ4v) is 7.12. The lowest BCUT2D eigenvalue weighted by Gasteiger charge is -2.26. The molecule has 346 valence electrons. The zero-order valence-electron chi connectivity index (χ0n) is 36.2. The van der Waals surface area contributed by atoms with Crippen molar-refractivity contribution in [3.63, 3.8) is 0 Å². The summed E-state index contributed by atoms with van der Waals surface area (Å²) in [7, 11) is 3.14. The van der Waals surface area contributed by atoms with Gasteiger partial charge in [-0.15, -0.1) is 10.2 Å². The van der Waals surface area contributed by atoms with Gasteiger partial charge in [-0.25, -0.2) is 28.5 Å². The predicted octanol–water partition coefficient (Wildman–Crippen LogP) is 3.25. The lowest BCUT2D eigenvalue weighted by atomic mass is 10.1. The van der Waals surface area contributed by atoms with Crippen LogP contribution in [-0.2, 0) is 46.2 Å². The first-order chi connectivity index (χ1) is 31.0. The van der Waals surface area contributed by atoms with Crippen LogP contribution in [-0.4, -0.2) is 138 Å². The highest BCUT2D eigenvalue weighted by Crippen LogP contribution is 2.20.